The van der Waals surface area contributed by atoms with E-state index in [9.17, 15) is 4.79 Å². The van der Waals surface area contributed by atoms with E-state index >= 15 is 0 Å². The van der Waals surface area contributed by atoms with Crippen molar-refractivity contribution in [2.45, 2.75) is 50.5 Å². The van der Waals surface area contributed by atoms with Crippen molar-refractivity contribution < 1.29 is 4.79 Å². The summed E-state index contributed by atoms with van der Waals surface area (Å²) in [5.74, 6) is 2.71. The number of rotatable bonds is 4. The third-order valence-electron chi connectivity index (χ3n) is 4.91. The fraction of sp³-hybridized carbons (Fsp3) is 0.923. The number of carbonyl (C=O) groups is 1. The molecule has 4 aliphatic rings. The zero-order valence-electron chi connectivity index (χ0n) is 9.87. The molecule has 90 valence electrons. The Morgan fingerprint density at radius 2 is 1.62 bits per heavy atom. The van der Waals surface area contributed by atoms with Crippen LogP contribution in [0.2, 0.25) is 0 Å². The molecule has 1 amide bonds. The summed E-state index contributed by atoms with van der Waals surface area (Å²) >= 11 is 0. The van der Waals surface area contributed by atoms with E-state index in [4.69, 9.17) is 5.73 Å². The summed E-state index contributed by atoms with van der Waals surface area (Å²) in [5.41, 5.74) is 5.57. The molecule has 3 nitrogen and oxygen atoms in total. The second kappa shape index (κ2) is 3.73. The molecule has 0 aliphatic heterocycles. The molecule has 0 spiro atoms. The Morgan fingerprint density at radius 3 is 2.06 bits per heavy atom. The maximum atomic E-state index is 10.8. The van der Waals surface area contributed by atoms with Crippen molar-refractivity contribution in [2.24, 2.45) is 23.5 Å². The fourth-order valence-corrected chi connectivity index (χ4v) is 4.78. The van der Waals surface area contributed by atoms with Crippen LogP contribution in [0.5, 0.6) is 0 Å². The summed E-state index contributed by atoms with van der Waals surface area (Å²) < 4.78 is 0. The first kappa shape index (κ1) is 10.6. The third-order valence-corrected chi connectivity index (χ3v) is 4.91. The Morgan fingerprint density at radius 1 is 1.12 bits per heavy atom. The number of nitrogens with two attached hydrogens (primary N) is 1. The van der Waals surface area contributed by atoms with Crippen LogP contribution < -0.4 is 11.1 Å². The van der Waals surface area contributed by atoms with E-state index in [1.807, 2.05) is 0 Å². The van der Waals surface area contributed by atoms with Gasteiger partial charge in [0.05, 0.1) is 0 Å². The quantitative estimate of drug-likeness (QED) is 0.756. The Balaban J connectivity index is 1.62. The standard InChI is InChI=1S/C13H22N2O/c14-12(16)1-2-15-13-6-9-3-10(7-13)5-11(4-9)8-13/h9-11,15H,1-8H2,(H2,14,16). The highest BCUT2D eigenvalue weighted by molar-refractivity contribution is 5.73. The van der Waals surface area contributed by atoms with Crippen LogP contribution in [0.4, 0.5) is 0 Å². The highest BCUT2D eigenvalue weighted by Crippen LogP contribution is 2.55. The molecule has 0 atom stereocenters. The molecular formula is C13H22N2O. The van der Waals surface area contributed by atoms with Gasteiger partial charge in [-0.3, -0.25) is 4.79 Å². The van der Waals surface area contributed by atoms with Crippen LogP contribution in [0, 0.1) is 17.8 Å². The van der Waals surface area contributed by atoms with Crippen molar-refractivity contribution in [2.75, 3.05) is 6.54 Å². The van der Waals surface area contributed by atoms with Gasteiger partial charge in [-0.2, -0.15) is 0 Å². The van der Waals surface area contributed by atoms with E-state index in [1.165, 1.54) is 38.5 Å². The summed E-state index contributed by atoms with van der Waals surface area (Å²) in [7, 11) is 0. The minimum Gasteiger partial charge on any atom is -0.370 e. The van der Waals surface area contributed by atoms with E-state index in [2.05, 4.69) is 5.32 Å². The molecule has 4 aliphatic carbocycles. The van der Waals surface area contributed by atoms with E-state index in [0.717, 1.165) is 24.3 Å². The van der Waals surface area contributed by atoms with Crippen molar-refractivity contribution in [1.82, 2.24) is 5.32 Å². The highest BCUT2D eigenvalue weighted by Gasteiger charge is 2.50. The van der Waals surface area contributed by atoms with Gasteiger partial charge in [0.1, 0.15) is 0 Å². The lowest BCUT2D eigenvalue weighted by Crippen LogP contribution is -2.58. The summed E-state index contributed by atoms with van der Waals surface area (Å²) in [5, 5.41) is 3.66. The van der Waals surface area contributed by atoms with Crippen LogP contribution in [-0.4, -0.2) is 18.0 Å². The highest BCUT2D eigenvalue weighted by atomic mass is 16.1. The second-order valence-electron chi connectivity index (χ2n) is 6.34. The molecule has 0 radical (unpaired) electrons. The summed E-state index contributed by atoms with van der Waals surface area (Å²) in [6.45, 7) is 0.779. The van der Waals surface area contributed by atoms with E-state index < -0.39 is 0 Å². The van der Waals surface area contributed by atoms with Gasteiger partial charge < -0.3 is 11.1 Å². The number of hydrogen-bond acceptors (Lipinski definition) is 2. The monoisotopic (exact) mass is 222 g/mol. The maximum Gasteiger partial charge on any atom is 0.218 e. The lowest BCUT2D eigenvalue weighted by atomic mass is 9.53. The third kappa shape index (κ3) is 1.86. The smallest absolute Gasteiger partial charge is 0.218 e. The Kier molecular flexibility index (Phi) is 2.46. The molecular weight excluding hydrogens is 200 g/mol. The van der Waals surface area contributed by atoms with Gasteiger partial charge in [0, 0.05) is 18.5 Å². The maximum absolute atomic E-state index is 10.8. The van der Waals surface area contributed by atoms with Gasteiger partial charge in [0.2, 0.25) is 5.91 Å². The Labute approximate surface area is 97.2 Å². The molecule has 0 unspecified atom stereocenters. The lowest BCUT2D eigenvalue weighted by molar-refractivity contribution is -0.118. The fourth-order valence-electron chi connectivity index (χ4n) is 4.78. The molecule has 4 rings (SSSR count). The molecule has 0 aromatic carbocycles. The van der Waals surface area contributed by atoms with Gasteiger partial charge in [0.25, 0.3) is 0 Å². The Bertz CT molecular complexity index is 265. The average Bonchev–Trinajstić information content (AvgIpc) is 2.13. The predicted octanol–water partition coefficient (Wildman–Crippen LogP) is 1.42. The molecule has 0 aromatic rings. The SMILES string of the molecule is NC(=O)CCNC12CC3CC(CC(C3)C1)C2. The molecule has 0 saturated heterocycles. The van der Waals surface area contributed by atoms with Crippen molar-refractivity contribution in [3.63, 3.8) is 0 Å². The molecule has 4 fully saturated rings. The van der Waals surface area contributed by atoms with Crippen LogP contribution in [-0.2, 0) is 4.79 Å². The molecule has 4 bridgehead atoms. The van der Waals surface area contributed by atoms with E-state index in [1.54, 1.807) is 0 Å². The van der Waals surface area contributed by atoms with Crippen LogP contribution in [0.1, 0.15) is 44.9 Å². The van der Waals surface area contributed by atoms with Crippen LogP contribution in [0.15, 0.2) is 0 Å². The first-order chi connectivity index (χ1) is 7.65. The predicted molar refractivity (Wildman–Crippen MR) is 62.7 cm³/mol. The van der Waals surface area contributed by atoms with Crippen molar-refractivity contribution >= 4 is 5.91 Å². The first-order valence-corrected chi connectivity index (χ1v) is 6.68. The minimum atomic E-state index is -0.183. The number of primary amides is 1. The van der Waals surface area contributed by atoms with Crippen molar-refractivity contribution in [3.8, 4) is 0 Å². The normalized spacial score (nSPS) is 44.9. The zero-order valence-corrected chi connectivity index (χ0v) is 9.87. The largest absolute Gasteiger partial charge is 0.370 e. The molecule has 16 heavy (non-hydrogen) atoms. The number of nitrogens with one attached hydrogen (secondary N) is 1. The van der Waals surface area contributed by atoms with E-state index in [0.29, 0.717) is 12.0 Å². The van der Waals surface area contributed by atoms with Crippen LogP contribution >= 0.6 is 0 Å². The van der Waals surface area contributed by atoms with Crippen molar-refractivity contribution in [1.29, 1.82) is 0 Å². The summed E-state index contributed by atoms with van der Waals surface area (Å²) in [4.78, 5) is 10.8. The van der Waals surface area contributed by atoms with Gasteiger partial charge >= 0.3 is 0 Å². The van der Waals surface area contributed by atoms with Gasteiger partial charge in [-0.15, -0.1) is 0 Å². The molecule has 3 N–H and O–H groups in total. The molecule has 3 heteroatoms. The van der Waals surface area contributed by atoms with Crippen LogP contribution in [0.25, 0.3) is 0 Å². The van der Waals surface area contributed by atoms with Crippen LogP contribution in [0.3, 0.4) is 0 Å². The van der Waals surface area contributed by atoms with Gasteiger partial charge in [-0.1, -0.05) is 0 Å². The van der Waals surface area contributed by atoms with Gasteiger partial charge in [0.15, 0.2) is 0 Å². The minimum absolute atomic E-state index is 0.183. The number of hydrogen-bond donors (Lipinski definition) is 2. The summed E-state index contributed by atoms with van der Waals surface area (Å²) in [6, 6.07) is 0. The zero-order chi connectivity index (χ0) is 11.2. The molecule has 4 saturated carbocycles. The molecule has 0 aromatic heterocycles. The molecule has 0 heterocycles. The van der Waals surface area contributed by atoms with E-state index in [-0.39, 0.29) is 5.91 Å². The lowest BCUT2D eigenvalue weighted by Gasteiger charge is -2.57. The summed E-state index contributed by atoms with van der Waals surface area (Å²) in [6.07, 6.45) is 8.93. The average molecular weight is 222 g/mol. The second-order valence-corrected chi connectivity index (χ2v) is 6.34. The van der Waals surface area contributed by atoms with Gasteiger partial charge in [-0.05, 0) is 56.3 Å². The Hall–Kier alpha value is -0.570. The number of amides is 1. The van der Waals surface area contributed by atoms with Gasteiger partial charge in [-0.25, -0.2) is 0 Å². The van der Waals surface area contributed by atoms with Crippen molar-refractivity contribution in [3.05, 3.63) is 0 Å². The topological polar surface area (TPSA) is 55.1 Å². The first-order valence-electron chi connectivity index (χ1n) is 6.68. The number of carbonyl (C=O) groups excluding carboxylic acids is 1.